The highest BCUT2D eigenvalue weighted by molar-refractivity contribution is 6.00. The van der Waals surface area contributed by atoms with E-state index in [-0.39, 0.29) is 5.91 Å². The number of rotatable bonds is 2. The summed E-state index contributed by atoms with van der Waals surface area (Å²) in [6, 6.07) is 5.55. The molecule has 11 nitrogen and oxygen atoms in total. The van der Waals surface area contributed by atoms with Crippen molar-refractivity contribution in [2.75, 3.05) is 48.6 Å². The van der Waals surface area contributed by atoms with Crippen molar-refractivity contribution in [1.29, 1.82) is 0 Å². The van der Waals surface area contributed by atoms with Crippen molar-refractivity contribution in [2.24, 2.45) is 5.84 Å². The predicted molar refractivity (Wildman–Crippen MR) is 111 cm³/mol. The first kappa shape index (κ1) is 18.8. The van der Waals surface area contributed by atoms with E-state index >= 15 is 0 Å². The van der Waals surface area contributed by atoms with Gasteiger partial charge in [0.05, 0.1) is 36.5 Å². The smallest absolute Gasteiger partial charge is 0.256 e. The molecule has 4 bridgehead atoms. The third kappa shape index (κ3) is 3.48. The van der Waals surface area contributed by atoms with E-state index in [0.29, 0.717) is 59.7 Å². The zero-order chi connectivity index (χ0) is 20.5. The zero-order valence-electron chi connectivity index (χ0n) is 16.2. The molecule has 1 aromatic carbocycles. The average molecular weight is 397 g/mol. The molecule has 1 aliphatic heterocycles. The Balaban J connectivity index is 1.89. The maximum Gasteiger partial charge on any atom is 0.256 e. The minimum absolute atomic E-state index is 0.266. The van der Waals surface area contributed by atoms with Crippen LogP contribution in [0.3, 0.4) is 0 Å². The highest BCUT2D eigenvalue weighted by atomic mass is 16.5. The van der Waals surface area contributed by atoms with Crippen molar-refractivity contribution in [2.45, 2.75) is 6.61 Å². The lowest BCUT2D eigenvalue weighted by molar-refractivity contribution is 0.0902. The number of ether oxygens (including phenoxy) is 1. The normalized spacial score (nSPS) is 14.2. The van der Waals surface area contributed by atoms with E-state index in [0.717, 1.165) is 5.56 Å². The van der Waals surface area contributed by atoms with E-state index in [1.54, 1.807) is 24.7 Å². The van der Waals surface area contributed by atoms with Crippen LogP contribution in [0, 0.1) is 0 Å². The second kappa shape index (κ2) is 7.45. The van der Waals surface area contributed by atoms with Gasteiger partial charge < -0.3 is 31.4 Å². The molecule has 0 fully saturated rings. The lowest BCUT2D eigenvalue weighted by atomic mass is 10.1. The van der Waals surface area contributed by atoms with Crippen molar-refractivity contribution < 1.29 is 9.53 Å². The Hall–Kier alpha value is -3.57. The highest BCUT2D eigenvalue weighted by Gasteiger charge is 2.18. The fourth-order valence-electron chi connectivity index (χ4n) is 3.20. The molecule has 7 N–H and O–H groups in total. The SMILES string of the molecule is CNc1cc2nc3c(cnn13)C(=O)NCCOCc1cc(c(N)c(N(C)N)c1)N2. The monoisotopic (exact) mass is 397 g/mol. The van der Waals surface area contributed by atoms with Gasteiger partial charge in [0.1, 0.15) is 17.2 Å². The number of carbonyl (C=O) groups is 1. The Morgan fingerprint density at radius 3 is 2.93 bits per heavy atom. The zero-order valence-corrected chi connectivity index (χ0v) is 16.2. The fraction of sp³-hybridized carbons (Fsp3) is 0.278. The molecule has 0 atom stereocenters. The van der Waals surface area contributed by atoms with Gasteiger partial charge in [-0.25, -0.2) is 10.8 Å². The number of carbonyl (C=O) groups excluding carboxylic acids is 1. The van der Waals surface area contributed by atoms with Crippen LogP contribution in [-0.2, 0) is 11.3 Å². The van der Waals surface area contributed by atoms with Crippen LogP contribution >= 0.6 is 0 Å². The Morgan fingerprint density at radius 2 is 2.17 bits per heavy atom. The first-order chi connectivity index (χ1) is 14.0. The van der Waals surface area contributed by atoms with E-state index in [2.05, 4.69) is 26.0 Å². The van der Waals surface area contributed by atoms with E-state index in [1.807, 2.05) is 12.1 Å². The number of hydrazine groups is 1. The molecule has 11 heteroatoms. The van der Waals surface area contributed by atoms with Crippen LogP contribution in [0.25, 0.3) is 5.65 Å². The number of nitrogens with two attached hydrogens (primary N) is 2. The molecule has 1 aliphatic rings. The molecular formula is C18H23N9O2. The van der Waals surface area contributed by atoms with Crippen molar-refractivity contribution >= 4 is 40.3 Å². The van der Waals surface area contributed by atoms with E-state index < -0.39 is 0 Å². The van der Waals surface area contributed by atoms with Gasteiger partial charge in [-0.3, -0.25) is 4.79 Å². The Morgan fingerprint density at radius 1 is 1.34 bits per heavy atom. The summed E-state index contributed by atoms with van der Waals surface area (Å²) in [7, 11) is 3.49. The molecule has 2 aromatic heterocycles. The predicted octanol–water partition coefficient (Wildman–Crippen LogP) is 0.667. The van der Waals surface area contributed by atoms with Gasteiger partial charge >= 0.3 is 0 Å². The molecule has 0 radical (unpaired) electrons. The van der Waals surface area contributed by atoms with Crippen LogP contribution in [0.15, 0.2) is 24.4 Å². The van der Waals surface area contributed by atoms with E-state index in [4.69, 9.17) is 16.3 Å². The van der Waals surface area contributed by atoms with Crippen molar-refractivity contribution in [3.05, 3.63) is 35.5 Å². The van der Waals surface area contributed by atoms with Crippen LogP contribution in [0.4, 0.5) is 28.7 Å². The molecule has 0 saturated carbocycles. The van der Waals surface area contributed by atoms with Crippen molar-refractivity contribution in [3.8, 4) is 0 Å². The van der Waals surface area contributed by atoms with Gasteiger partial charge in [0.25, 0.3) is 5.91 Å². The summed E-state index contributed by atoms with van der Waals surface area (Å²) in [5.41, 5.74) is 9.78. The maximum atomic E-state index is 12.6. The number of anilines is 5. The molecule has 29 heavy (non-hydrogen) atoms. The molecule has 3 heterocycles. The summed E-state index contributed by atoms with van der Waals surface area (Å²) in [5, 5.41) is 14.9. The summed E-state index contributed by atoms with van der Waals surface area (Å²) >= 11 is 0. The largest absolute Gasteiger partial charge is 0.395 e. The van der Waals surface area contributed by atoms with Gasteiger partial charge in [-0.05, 0) is 17.7 Å². The molecule has 152 valence electrons. The second-order valence-corrected chi connectivity index (χ2v) is 6.69. The van der Waals surface area contributed by atoms with Gasteiger partial charge in [0, 0.05) is 26.7 Å². The first-order valence-corrected chi connectivity index (χ1v) is 9.08. The third-order valence-electron chi connectivity index (χ3n) is 4.63. The summed E-state index contributed by atoms with van der Waals surface area (Å²) in [5.74, 6) is 6.85. The van der Waals surface area contributed by atoms with Crippen LogP contribution in [0.5, 0.6) is 0 Å². The molecule has 4 rings (SSSR count). The molecule has 0 aliphatic carbocycles. The first-order valence-electron chi connectivity index (χ1n) is 9.08. The number of hydrogen-bond acceptors (Lipinski definition) is 9. The number of hydrogen-bond donors (Lipinski definition) is 5. The van der Waals surface area contributed by atoms with Crippen molar-refractivity contribution in [1.82, 2.24) is 19.9 Å². The average Bonchev–Trinajstić information content (AvgIpc) is 3.12. The summed E-state index contributed by atoms with van der Waals surface area (Å²) in [6.07, 6.45) is 1.49. The van der Waals surface area contributed by atoms with Crippen LogP contribution in [0.1, 0.15) is 15.9 Å². The number of benzene rings is 1. The van der Waals surface area contributed by atoms with Gasteiger partial charge in [-0.15, -0.1) is 0 Å². The minimum Gasteiger partial charge on any atom is -0.395 e. The molecule has 0 spiro atoms. The number of nitrogens with one attached hydrogen (secondary N) is 3. The van der Waals surface area contributed by atoms with Gasteiger partial charge in [-0.2, -0.15) is 9.61 Å². The number of amides is 1. The Labute approximate surface area is 167 Å². The maximum absolute atomic E-state index is 12.6. The van der Waals surface area contributed by atoms with Crippen LogP contribution < -0.4 is 32.5 Å². The summed E-state index contributed by atoms with van der Waals surface area (Å²) in [6.45, 7) is 1.06. The van der Waals surface area contributed by atoms with E-state index in [9.17, 15) is 4.79 Å². The molecule has 0 saturated heterocycles. The Bertz CT molecular complexity index is 1080. The summed E-state index contributed by atoms with van der Waals surface area (Å²) in [4.78, 5) is 17.1. The van der Waals surface area contributed by atoms with Crippen LogP contribution in [-0.4, -0.2) is 47.8 Å². The topological polar surface area (TPSA) is 148 Å². The Kier molecular flexibility index (Phi) is 4.82. The minimum atomic E-state index is -0.266. The highest BCUT2D eigenvalue weighted by Crippen LogP contribution is 2.33. The third-order valence-corrected chi connectivity index (χ3v) is 4.63. The molecule has 3 aromatic rings. The number of nitrogen functional groups attached to an aromatic ring is 1. The lowest BCUT2D eigenvalue weighted by Gasteiger charge is -2.20. The van der Waals surface area contributed by atoms with Gasteiger partial charge in [-0.1, -0.05) is 0 Å². The fourth-order valence-corrected chi connectivity index (χ4v) is 3.20. The second-order valence-electron chi connectivity index (χ2n) is 6.69. The summed E-state index contributed by atoms with van der Waals surface area (Å²) < 4.78 is 7.26. The van der Waals surface area contributed by atoms with Gasteiger partial charge in [0.2, 0.25) is 0 Å². The van der Waals surface area contributed by atoms with Crippen molar-refractivity contribution in [3.63, 3.8) is 0 Å². The van der Waals surface area contributed by atoms with E-state index in [1.165, 1.54) is 11.2 Å². The molecule has 0 unspecified atom stereocenters. The number of fused-ring (bicyclic) bond motifs is 3. The number of nitrogens with zero attached hydrogens (tertiary/aromatic N) is 4. The number of aromatic nitrogens is 3. The quantitative estimate of drug-likeness (QED) is 0.239. The standard InChI is InChI=1S/C18H23N9O2/c1-21-15-7-14-24-12-5-10(6-13(16(12)19)26(2)20)9-29-4-3-22-18(28)11-8-23-27(15)17(11)25-14/h5-8,21H,3-4,9,19-20H2,1-2H3,(H,22,28)(H,24,25). The molecule has 1 amide bonds. The molecular weight excluding hydrogens is 374 g/mol. The van der Waals surface area contributed by atoms with Crippen LogP contribution in [0.2, 0.25) is 0 Å². The van der Waals surface area contributed by atoms with Gasteiger partial charge in [0.15, 0.2) is 5.65 Å². The lowest BCUT2D eigenvalue weighted by Crippen LogP contribution is -2.28.